The molecule has 23 heavy (non-hydrogen) atoms. The third-order valence-electron chi connectivity index (χ3n) is 3.57. The molecule has 2 atom stereocenters. The number of aliphatic hydroxyl groups is 1. The summed E-state index contributed by atoms with van der Waals surface area (Å²) in [6.07, 6.45) is -0.244. The number of aliphatic hydroxyl groups excluding tert-OH is 1. The maximum atomic E-state index is 10.4. The van der Waals surface area contributed by atoms with E-state index in [0.717, 1.165) is 10.0 Å². The molecule has 0 radical (unpaired) electrons. The second-order valence-electron chi connectivity index (χ2n) is 5.01. The Hall–Kier alpha value is -1.27. The minimum Gasteiger partial charge on any atom is -0.496 e. The number of hydrogen-bond donors (Lipinski definition) is 2. The van der Waals surface area contributed by atoms with Crippen LogP contribution in [0.1, 0.15) is 17.2 Å². The number of benzene rings is 2. The van der Waals surface area contributed by atoms with Gasteiger partial charge in [-0.3, -0.25) is 0 Å². The van der Waals surface area contributed by atoms with Gasteiger partial charge in [0, 0.05) is 12.0 Å². The lowest BCUT2D eigenvalue weighted by atomic mass is 9.96. The number of hydrogen-bond acceptors (Lipinski definition) is 4. The first-order chi connectivity index (χ1) is 10.6. The molecule has 6 heteroatoms. The second kappa shape index (κ2) is 9.13. The van der Waals surface area contributed by atoms with Crippen molar-refractivity contribution in [3.05, 3.63) is 58.1 Å². The molecule has 0 unspecified atom stereocenters. The topological polar surface area (TPSA) is 64.7 Å². The molecule has 4 nitrogen and oxygen atoms in total. The third kappa shape index (κ3) is 4.85. The van der Waals surface area contributed by atoms with E-state index in [1.54, 1.807) is 26.4 Å². The SMILES string of the molecule is COc1cc([C@@H](N)[C@@H](O)Cc2ccccc2)c(OC)cc1Br.Cl. The minimum absolute atomic E-state index is 0. The first kappa shape index (κ1) is 19.8. The molecule has 0 aliphatic heterocycles. The quantitative estimate of drug-likeness (QED) is 0.776. The molecule has 0 heterocycles. The Balaban J connectivity index is 0.00000264. The van der Waals surface area contributed by atoms with Gasteiger partial charge in [-0.25, -0.2) is 0 Å². The molecule has 0 aliphatic carbocycles. The van der Waals surface area contributed by atoms with Crippen molar-refractivity contribution in [3.8, 4) is 11.5 Å². The van der Waals surface area contributed by atoms with Crippen LogP contribution in [0, 0.1) is 0 Å². The van der Waals surface area contributed by atoms with E-state index >= 15 is 0 Å². The van der Waals surface area contributed by atoms with Crippen LogP contribution in [0.4, 0.5) is 0 Å². The molecule has 0 saturated carbocycles. The smallest absolute Gasteiger partial charge is 0.133 e. The normalized spacial score (nSPS) is 12.9. The van der Waals surface area contributed by atoms with Gasteiger partial charge in [-0.2, -0.15) is 0 Å². The number of methoxy groups -OCH3 is 2. The Morgan fingerprint density at radius 3 is 2.26 bits per heavy atom. The molecule has 0 aromatic heterocycles. The standard InChI is InChI=1S/C17H20BrNO3.ClH/c1-21-15-10-13(18)16(22-2)9-12(15)17(19)14(20)8-11-6-4-3-5-7-11;/h3-7,9-10,14,17,20H,8,19H2,1-2H3;1H/t14-,17+;/m0./s1. The summed E-state index contributed by atoms with van der Waals surface area (Å²) in [5.74, 6) is 1.27. The van der Waals surface area contributed by atoms with Crippen molar-refractivity contribution in [1.82, 2.24) is 0 Å². The summed E-state index contributed by atoms with van der Waals surface area (Å²) in [7, 11) is 3.16. The van der Waals surface area contributed by atoms with Gasteiger partial charge in [0.1, 0.15) is 11.5 Å². The van der Waals surface area contributed by atoms with Crippen LogP contribution >= 0.6 is 28.3 Å². The highest BCUT2D eigenvalue weighted by Crippen LogP contribution is 2.36. The largest absolute Gasteiger partial charge is 0.496 e. The van der Waals surface area contributed by atoms with E-state index in [9.17, 15) is 5.11 Å². The molecule has 0 amide bonds. The number of ether oxygens (including phenoxy) is 2. The first-order valence-electron chi connectivity index (χ1n) is 6.95. The van der Waals surface area contributed by atoms with Crippen LogP contribution in [0.25, 0.3) is 0 Å². The average molecular weight is 403 g/mol. The molecular formula is C17H21BrClNO3. The fourth-order valence-corrected chi connectivity index (χ4v) is 2.82. The maximum absolute atomic E-state index is 10.4. The Kier molecular flexibility index (Phi) is 7.85. The highest BCUT2D eigenvalue weighted by Gasteiger charge is 2.22. The highest BCUT2D eigenvalue weighted by atomic mass is 79.9. The first-order valence-corrected chi connectivity index (χ1v) is 7.75. The van der Waals surface area contributed by atoms with Crippen LogP contribution < -0.4 is 15.2 Å². The lowest BCUT2D eigenvalue weighted by molar-refractivity contribution is 0.143. The number of rotatable bonds is 6. The van der Waals surface area contributed by atoms with E-state index in [4.69, 9.17) is 15.2 Å². The van der Waals surface area contributed by atoms with Crippen LogP contribution in [0.5, 0.6) is 11.5 Å². The molecule has 2 aromatic carbocycles. The second-order valence-corrected chi connectivity index (χ2v) is 5.87. The van der Waals surface area contributed by atoms with Gasteiger partial charge >= 0.3 is 0 Å². The van der Waals surface area contributed by atoms with Crippen LogP contribution in [-0.4, -0.2) is 25.4 Å². The Bertz CT molecular complexity index is 625. The van der Waals surface area contributed by atoms with Gasteiger partial charge in [-0.1, -0.05) is 30.3 Å². The van der Waals surface area contributed by atoms with E-state index in [0.29, 0.717) is 23.5 Å². The van der Waals surface area contributed by atoms with Crippen LogP contribution in [0.2, 0.25) is 0 Å². The molecule has 0 aliphatic rings. The van der Waals surface area contributed by atoms with Crippen molar-refractivity contribution >= 4 is 28.3 Å². The molecule has 0 spiro atoms. The van der Waals surface area contributed by atoms with E-state index in [1.165, 1.54) is 0 Å². The van der Waals surface area contributed by atoms with Crippen molar-refractivity contribution < 1.29 is 14.6 Å². The Labute approximate surface area is 151 Å². The number of halogens is 2. The van der Waals surface area contributed by atoms with E-state index in [1.807, 2.05) is 30.3 Å². The molecule has 0 bridgehead atoms. The third-order valence-corrected chi connectivity index (χ3v) is 4.19. The van der Waals surface area contributed by atoms with Crippen LogP contribution in [0.3, 0.4) is 0 Å². The summed E-state index contributed by atoms with van der Waals surface area (Å²) in [5.41, 5.74) is 7.99. The predicted molar refractivity (Wildman–Crippen MR) is 97.6 cm³/mol. The van der Waals surface area contributed by atoms with E-state index in [-0.39, 0.29) is 12.4 Å². The van der Waals surface area contributed by atoms with Crippen molar-refractivity contribution in [1.29, 1.82) is 0 Å². The monoisotopic (exact) mass is 401 g/mol. The summed E-state index contributed by atoms with van der Waals surface area (Å²) in [6, 6.07) is 12.8. The van der Waals surface area contributed by atoms with E-state index in [2.05, 4.69) is 15.9 Å². The van der Waals surface area contributed by atoms with Crippen molar-refractivity contribution in [3.63, 3.8) is 0 Å². The predicted octanol–water partition coefficient (Wildman–Crippen LogP) is 3.49. The highest BCUT2D eigenvalue weighted by molar-refractivity contribution is 9.10. The minimum atomic E-state index is -0.720. The van der Waals surface area contributed by atoms with Crippen molar-refractivity contribution in [2.24, 2.45) is 5.73 Å². The molecule has 126 valence electrons. The summed E-state index contributed by atoms with van der Waals surface area (Å²) >= 11 is 3.41. The molecule has 2 rings (SSSR count). The number of nitrogens with two attached hydrogens (primary N) is 1. The van der Waals surface area contributed by atoms with Gasteiger partial charge < -0.3 is 20.3 Å². The lowest BCUT2D eigenvalue weighted by Crippen LogP contribution is -2.28. The molecule has 0 saturated heterocycles. The van der Waals surface area contributed by atoms with Gasteiger partial charge in [0.15, 0.2) is 0 Å². The fraction of sp³-hybridized carbons (Fsp3) is 0.294. The maximum Gasteiger partial charge on any atom is 0.133 e. The summed E-state index contributed by atoms with van der Waals surface area (Å²) < 4.78 is 11.4. The van der Waals surface area contributed by atoms with Gasteiger partial charge in [0.2, 0.25) is 0 Å². The van der Waals surface area contributed by atoms with Crippen LogP contribution in [-0.2, 0) is 6.42 Å². The summed E-state index contributed by atoms with van der Waals surface area (Å²) in [4.78, 5) is 0. The zero-order valence-electron chi connectivity index (χ0n) is 13.0. The van der Waals surface area contributed by atoms with E-state index < -0.39 is 12.1 Å². The lowest BCUT2D eigenvalue weighted by Gasteiger charge is -2.22. The Morgan fingerprint density at radius 2 is 1.70 bits per heavy atom. The fourth-order valence-electron chi connectivity index (χ4n) is 2.33. The van der Waals surface area contributed by atoms with Gasteiger partial charge in [-0.05, 0) is 33.6 Å². The van der Waals surface area contributed by atoms with Gasteiger partial charge in [0.25, 0.3) is 0 Å². The van der Waals surface area contributed by atoms with Gasteiger partial charge in [-0.15, -0.1) is 12.4 Å². The van der Waals surface area contributed by atoms with Crippen molar-refractivity contribution in [2.45, 2.75) is 18.6 Å². The summed E-state index contributed by atoms with van der Waals surface area (Å²) in [5, 5.41) is 10.4. The molecule has 2 aromatic rings. The van der Waals surface area contributed by atoms with Crippen LogP contribution in [0.15, 0.2) is 46.9 Å². The Morgan fingerprint density at radius 1 is 1.09 bits per heavy atom. The zero-order chi connectivity index (χ0) is 16.1. The molecule has 3 N–H and O–H groups in total. The zero-order valence-corrected chi connectivity index (χ0v) is 15.4. The summed E-state index contributed by atoms with van der Waals surface area (Å²) in [6.45, 7) is 0. The van der Waals surface area contributed by atoms with Gasteiger partial charge in [0.05, 0.1) is 30.8 Å². The average Bonchev–Trinajstić information content (AvgIpc) is 2.54. The van der Waals surface area contributed by atoms with Crippen molar-refractivity contribution in [2.75, 3.05) is 14.2 Å². The molecular weight excluding hydrogens is 382 g/mol. The molecule has 0 fully saturated rings.